The van der Waals surface area contributed by atoms with Crippen molar-refractivity contribution >= 4 is 12.7 Å². The van der Waals surface area contributed by atoms with Gasteiger partial charge in [-0.05, 0) is 23.6 Å². The Kier molecular flexibility index (Phi) is 2.91. The fourth-order valence-corrected chi connectivity index (χ4v) is 1.31. The first-order chi connectivity index (χ1) is 5.65. The predicted octanol–water partition coefficient (Wildman–Crippen LogP) is 2.33. The zero-order chi connectivity index (χ0) is 9.14. The van der Waals surface area contributed by atoms with Crippen LogP contribution < -0.4 is 5.46 Å². The van der Waals surface area contributed by atoms with Crippen LogP contribution in [-0.4, -0.2) is 7.28 Å². The fourth-order valence-electron chi connectivity index (χ4n) is 1.31. The Balaban J connectivity index is 3.12. The molecule has 0 spiro atoms. The zero-order valence-electron chi connectivity index (χ0n) is 7.76. The molecule has 0 bridgehead atoms. The lowest BCUT2D eigenvalue weighted by molar-refractivity contribution is 0.624. The molecule has 63 valence electrons. The van der Waals surface area contributed by atoms with E-state index in [0.717, 1.165) is 11.0 Å². The summed E-state index contributed by atoms with van der Waals surface area (Å²) in [5.74, 6) is 0.233. The van der Waals surface area contributed by atoms with Crippen LogP contribution in [0.25, 0.3) is 0 Å². The fraction of sp³-hybridized carbons (Fsp3) is 0.400. The monoisotopic (exact) mass is 163 g/mol. The Hall–Kier alpha value is -0.785. The minimum absolute atomic E-state index is 0.149. The second-order valence-electron chi connectivity index (χ2n) is 3.22. The molecule has 0 amide bonds. The van der Waals surface area contributed by atoms with Crippen LogP contribution >= 0.6 is 0 Å². The molecule has 0 saturated carbocycles. The van der Waals surface area contributed by atoms with Crippen molar-refractivity contribution in [1.29, 1.82) is 0 Å². The van der Waals surface area contributed by atoms with Crippen LogP contribution in [0.15, 0.2) is 18.2 Å². The molecule has 1 radical (unpaired) electrons. The molecule has 2 heteroatoms. The molecule has 0 aromatic heterocycles. The van der Waals surface area contributed by atoms with Gasteiger partial charge in [-0.3, -0.25) is 0 Å². The minimum Gasteiger partial charge on any atom is -0.207 e. The Morgan fingerprint density at radius 3 is 2.50 bits per heavy atom. The van der Waals surface area contributed by atoms with Gasteiger partial charge < -0.3 is 0 Å². The third-order valence-corrected chi connectivity index (χ3v) is 1.98. The number of rotatable bonds is 2. The summed E-state index contributed by atoms with van der Waals surface area (Å²) in [5, 5.41) is 0. The van der Waals surface area contributed by atoms with Crippen molar-refractivity contribution in [1.82, 2.24) is 0 Å². The van der Waals surface area contributed by atoms with Crippen LogP contribution in [0, 0.1) is 5.82 Å². The highest BCUT2D eigenvalue weighted by Gasteiger charge is 2.05. The van der Waals surface area contributed by atoms with Gasteiger partial charge >= 0.3 is 0 Å². The van der Waals surface area contributed by atoms with Crippen molar-refractivity contribution in [3.8, 4) is 0 Å². The molecule has 0 fully saturated rings. The van der Waals surface area contributed by atoms with Gasteiger partial charge in [0.1, 0.15) is 13.1 Å². The summed E-state index contributed by atoms with van der Waals surface area (Å²) in [6, 6.07) is 4.94. The van der Waals surface area contributed by atoms with Crippen molar-refractivity contribution in [2.75, 3.05) is 0 Å². The van der Waals surface area contributed by atoms with Gasteiger partial charge in [0.05, 0.1) is 0 Å². The Labute approximate surface area is 74.0 Å². The van der Waals surface area contributed by atoms with Gasteiger partial charge in [-0.15, -0.1) is 0 Å². The average molecular weight is 163 g/mol. The van der Waals surface area contributed by atoms with Crippen LogP contribution in [-0.2, 0) is 0 Å². The van der Waals surface area contributed by atoms with Gasteiger partial charge in [0, 0.05) is 0 Å². The molecular weight excluding hydrogens is 150 g/mol. The molecule has 1 rings (SSSR count). The molecule has 12 heavy (non-hydrogen) atoms. The van der Waals surface area contributed by atoms with Crippen LogP contribution in [0.2, 0.25) is 6.82 Å². The third-order valence-electron chi connectivity index (χ3n) is 1.98. The van der Waals surface area contributed by atoms with Crippen LogP contribution in [0.4, 0.5) is 4.39 Å². The molecule has 0 aliphatic carbocycles. The van der Waals surface area contributed by atoms with E-state index < -0.39 is 0 Å². The Morgan fingerprint density at radius 2 is 2.00 bits per heavy atom. The largest absolute Gasteiger partial charge is 0.207 e. The second kappa shape index (κ2) is 3.75. The van der Waals surface area contributed by atoms with Gasteiger partial charge in [0.25, 0.3) is 0 Å². The molecule has 1 aromatic carbocycles. The first-order valence-electron chi connectivity index (χ1n) is 4.24. The summed E-state index contributed by atoms with van der Waals surface area (Å²) in [6.45, 7) is 6.11. The maximum atomic E-state index is 12.8. The highest BCUT2D eigenvalue weighted by atomic mass is 19.1. The minimum atomic E-state index is -0.149. The van der Waals surface area contributed by atoms with E-state index >= 15 is 0 Å². The van der Waals surface area contributed by atoms with Gasteiger partial charge in [-0.25, -0.2) is 4.39 Å². The number of benzene rings is 1. The standard InChI is InChI=1S/C10H13BF/c1-7(2)9-6-8(12)4-5-10(9)11-3/h4-7H,1-3H3. The van der Waals surface area contributed by atoms with E-state index in [4.69, 9.17) is 0 Å². The van der Waals surface area contributed by atoms with Crippen molar-refractivity contribution in [3.63, 3.8) is 0 Å². The van der Waals surface area contributed by atoms with E-state index in [2.05, 4.69) is 13.8 Å². The number of hydrogen-bond donors (Lipinski definition) is 0. The van der Waals surface area contributed by atoms with E-state index in [9.17, 15) is 4.39 Å². The van der Waals surface area contributed by atoms with E-state index in [1.807, 2.05) is 20.2 Å². The van der Waals surface area contributed by atoms with Crippen LogP contribution in [0.3, 0.4) is 0 Å². The maximum Gasteiger partial charge on any atom is 0.148 e. The Morgan fingerprint density at radius 1 is 1.33 bits per heavy atom. The van der Waals surface area contributed by atoms with Gasteiger partial charge in [-0.1, -0.05) is 32.2 Å². The highest BCUT2D eigenvalue weighted by Crippen LogP contribution is 2.12. The number of hydrogen-bond acceptors (Lipinski definition) is 0. The number of halogens is 1. The molecule has 0 aliphatic heterocycles. The quantitative estimate of drug-likeness (QED) is 0.587. The lowest BCUT2D eigenvalue weighted by atomic mass is 9.69. The second-order valence-corrected chi connectivity index (χ2v) is 3.22. The summed E-state index contributed by atoms with van der Waals surface area (Å²) in [5.41, 5.74) is 2.21. The first-order valence-corrected chi connectivity index (χ1v) is 4.24. The molecule has 0 N–H and O–H groups in total. The first kappa shape index (κ1) is 9.30. The molecule has 0 aliphatic rings. The summed E-state index contributed by atoms with van der Waals surface area (Å²) in [7, 11) is 2.01. The van der Waals surface area contributed by atoms with E-state index in [0.29, 0.717) is 5.92 Å². The summed E-state index contributed by atoms with van der Waals surface area (Å²) in [4.78, 5) is 0. The molecule has 0 unspecified atom stereocenters. The third kappa shape index (κ3) is 1.87. The summed E-state index contributed by atoms with van der Waals surface area (Å²) in [6.07, 6.45) is 0. The molecule has 0 atom stereocenters. The van der Waals surface area contributed by atoms with Gasteiger partial charge in [-0.2, -0.15) is 0 Å². The molecular formula is C10H13BF. The molecule has 0 saturated heterocycles. The van der Waals surface area contributed by atoms with Gasteiger partial charge in [0.15, 0.2) is 0 Å². The van der Waals surface area contributed by atoms with E-state index in [-0.39, 0.29) is 5.82 Å². The SMILES string of the molecule is C[B]c1ccc(F)cc1C(C)C. The maximum absolute atomic E-state index is 12.8. The van der Waals surface area contributed by atoms with E-state index in [1.165, 1.54) is 6.07 Å². The lowest BCUT2D eigenvalue weighted by Gasteiger charge is -2.10. The van der Waals surface area contributed by atoms with Crippen molar-refractivity contribution < 1.29 is 4.39 Å². The van der Waals surface area contributed by atoms with Crippen molar-refractivity contribution in [2.24, 2.45) is 0 Å². The average Bonchev–Trinajstić information content (AvgIpc) is 2.04. The Bertz CT molecular complexity index is 269. The highest BCUT2D eigenvalue weighted by molar-refractivity contribution is 6.52. The molecule has 0 nitrogen and oxygen atoms in total. The van der Waals surface area contributed by atoms with Crippen molar-refractivity contribution in [2.45, 2.75) is 26.6 Å². The molecule has 0 heterocycles. The summed E-state index contributed by atoms with van der Waals surface area (Å²) < 4.78 is 12.8. The van der Waals surface area contributed by atoms with E-state index in [1.54, 1.807) is 6.07 Å². The zero-order valence-corrected chi connectivity index (χ0v) is 7.76. The van der Waals surface area contributed by atoms with Crippen LogP contribution in [0.1, 0.15) is 25.3 Å². The smallest absolute Gasteiger partial charge is 0.148 e. The lowest BCUT2D eigenvalue weighted by Crippen LogP contribution is -2.17. The normalized spacial score (nSPS) is 10.4. The van der Waals surface area contributed by atoms with Crippen molar-refractivity contribution in [3.05, 3.63) is 29.6 Å². The van der Waals surface area contributed by atoms with Gasteiger partial charge in [0.2, 0.25) is 0 Å². The topological polar surface area (TPSA) is 0 Å². The van der Waals surface area contributed by atoms with Crippen LogP contribution in [0.5, 0.6) is 0 Å². The molecule has 1 aromatic rings. The summed E-state index contributed by atoms with van der Waals surface area (Å²) >= 11 is 0. The predicted molar refractivity (Wildman–Crippen MR) is 51.7 cm³/mol.